The molecule has 2 rings (SSSR count). The second-order valence-corrected chi connectivity index (χ2v) is 8.52. The topological polar surface area (TPSA) is 55.4 Å². The van der Waals surface area contributed by atoms with E-state index in [0.29, 0.717) is 12.5 Å². The molecule has 0 heterocycles. The Morgan fingerprint density at radius 3 is 2.67 bits per heavy atom. The fourth-order valence-electron chi connectivity index (χ4n) is 2.77. The van der Waals surface area contributed by atoms with E-state index in [-0.39, 0.29) is 11.3 Å². The third-order valence-corrected chi connectivity index (χ3v) is 5.47. The molecule has 4 nitrogen and oxygen atoms in total. The Hall–Kier alpha value is -1.23. The minimum atomic E-state index is -3.01. The lowest BCUT2D eigenvalue weighted by molar-refractivity contribution is 0.272. The molecule has 118 valence electrons. The van der Waals surface area contributed by atoms with Crippen LogP contribution in [0.4, 0.5) is 5.69 Å². The number of hydrogen-bond donors (Lipinski definition) is 1. The molecule has 0 saturated heterocycles. The molecule has 2 unspecified atom stereocenters. The molecule has 1 aromatic rings. The fraction of sp³-hybridized carbons (Fsp3) is 0.625. The monoisotopic (exact) mass is 311 g/mol. The zero-order chi connectivity index (χ0) is 15.5. The first kappa shape index (κ1) is 16.1. The molecule has 0 amide bonds. The minimum Gasteiger partial charge on any atom is -0.491 e. The Morgan fingerprint density at radius 2 is 2.00 bits per heavy atom. The quantitative estimate of drug-likeness (QED) is 0.877. The maximum Gasteiger partial charge on any atom is 0.152 e. The molecule has 1 aliphatic rings. The molecule has 0 radical (unpaired) electrons. The second kappa shape index (κ2) is 6.69. The van der Waals surface area contributed by atoms with Gasteiger partial charge in [0, 0.05) is 12.3 Å². The van der Waals surface area contributed by atoms with E-state index < -0.39 is 9.84 Å². The van der Waals surface area contributed by atoms with Crippen LogP contribution in [0.3, 0.4) is 0 Å². The molecule has 1 N–H and O–H groups in total. The number of sulfone groups is 1. The lowest BCUT2D eigenvalue weighted by atomic mass is 10.2. The number of rotatable bonds is 6. The van der Waals surface area contributed by atoms with Crippen LogP contribution in [0, 0.1) is 5.92 Å². The lowest BCUT2D eigenvalue weighted by Gasteiger charge is -2.22. The molecule has 1 aromatic carbocycles. The van der Waals surface area contributed by atoms with Crippen molar-refractivity contribution in [2.75, 3.05) is 18.2 Å². The van der Waals surface area contributed by atoms with Crippen LogP contribution in [0.5, 0.6) is 5.75 Å². The average Bonchev–Trinajstić information content (AvgIpc) is 2.86. The van der Waals surface area contributed by atoms with E-state index in [4.69, 9.17) is 4.74 Å². The predicted octanol–water partition coefficient (Wildman–Crippen LogP) is 3.10. The number of para-hydroxylation sites is 2. The fourth-order valence-corrected chi connectivity index (χ4v) is 4.17. The van der Waals surface area contributed by atoms with Gasteiger partial charge in [-0.1, -0.05) is 26.0 Å². The number of anilines is 1. The molecule has 0 aliphatic heterocycles. The van der Waals surface area contributed by atoms with Crippen LogP contribution in [-0.2, 0) is 9.84 Å². The van der Waals surface area contributed by atoms with Crippen molar-refractivity contribution < 1.29 is 13.2 Å². The van der Waals surface area contributed by atoms with Gasteiger partial charge in [-0.15, -0.1) is 0 Å². The Kier molecular flexibility index (Phi) is 5.14. The van der Waals surface area contributed by atoms with Crippen molar-refractivity contribution >= 4 is 15.5 Å². The van der Waals surface area contributed by atoms with Crippen LogP contribution in [0.15, 0.2) is 24.3 Å². The van der Waals surface area contributed by atoms with Crippen molar-refractivity contribution in [1.82, 2.24) is 0 Å². The van der Waals surface area contributed by atoms with Gasteiger partial charge in [0.25, 0.3) is 0 Å². The van der Waals surface area contributed by atoms with Gasteiger partial charge < -0.3 is 10.1 Å². The van der Waals surface area contributed by atoms with Crippen molar-refractivity contribution in [3.63, 3.8) is 0 Å². The van der Waals surface area contributed by atoms with Crippen LogP contribution < -0.4 is 10.1 Å². The summed E-state index contributed by atoms with van der Waals surface area (Å²) in [7, 11) is -3.01. The summed E-state index contributed by atoms with van der Waals surface area (Å²) in [6, 6.07) is 7.73. The van der Waals surface area contributed by atoms with Gasteiger partial charge in [-0.3, -0.25) is 0 Å². The second-order valence-electron chi connectivity index (χ2n) is 6.25. The van der Waals surface area contributed by atoms with E-state index in [1.54, 1.807) is 0 Å². The molecule has 0 spiro atoms. The summed E-state index contributed by atoms with van der Waals surface area (Å²) in [5.41, 5.74) is 0.888. The van der Waals surface area contributed by atoms with Gasteiger partial charge in [0.15, 0.2) is 9.84 Å². The van der Waals surface area contributed by atoms with Crippen molar-refractivity contribution in [2.45, 2.75) is 44.4 Å². The van der Waals surface area contributed by atoms with E-state index in [0.717, 1.165) is 30.7 Å². The SMILES string of the molecule is CC(C)COc1ccccc1NC1CCCC1S(C)(=O)=O. The highest BCUT2D eigenvalue weighted by Gasteiger charge is 2.35. The molecule has 1 aliphatic carbocycles. The van der Waals surface area contributed by atoms with E-state index in [9.17, 15) is 8.42 Å². The molecule has 2 atom stereocenters. The van der Waals surface area contributed by atoms with Crippen LogP contribution in [0.25, 0.3) is 0 Å². The highest BCUT2D eigenvalue weighted by atomic mass is 32.2. The Labute approximate surface area is 127 Å². The number of ether oxygens (including phenoxy) is 1. The lowest BCUT2D eigenvalue weighted by Crippen LogP contribution is -2.34. The van der Waals surface area contributed by atoms with Crippen molar-refractivity contribution in [3.05, 3.63) is 24.3 Å². The average molecular weight is 311 g/mol. The van der Waals surface area contributed by atoms with Gasteiger partial charge in [-0.05, 0) is 37.3 Å². The van der Waals surface area contributed by atoms with E-state index in [1.807, 2.05) is 24.3 Å². The molecule has 1 fully saturated rings. The highest BCUT2D eigenvalue weighted by Crippen LogP contribution is 2.31. The van der Waals surface area contributed by atoms with E-state index >= 15 is 0 Å². The molecule has 1 saturated carbocycles. The van der Waals surface area contributed by atoms with Crippen LogP contribution in [-0.4, -0.2) is 32.6 Å². The van der Waals surface area contributed by atoms with Crippen LogP contribution >= 0.6 is 0 Å². The van der Waals surface area contributed by atoms with Gasteiger partial charge in [-0.2, -0.15) is 0 Å². The summed E-state index contributed by atoms with van der Waals surface area (Å²) < 4.78 is 29.5. The first-order chi connectivity index (χ1) is 9.88. The van der Waals surface area contributed by atoms with Crippen LogP contribution in [0.1, 0.15) is 33.1 Å². The van der Waals surface area contributed by atoms with Gasteiger partial charge in [0.05, 0.1) is 17.5 Å². The minimum absolute atomic E-state index is 0.0243. The Bertz CT molecular complexity index is 569. The number of hydrogen-bond acceptors (Lipinski definition) is 4. The molecular weight excluding hydrogens is 286 g/mol. The van der Waals surface area contributed by atoms with Crippen molar-refractivity contribution in [2.24, 2.45) is 5.92 Å². The third kappa shape index (κ3) is 4.37. The summed E-state index contributed by atoms with van der Waals surface area (Å²) in [6.07, 6.45) is 3.91. The predicted molar refractivity (Wildman–Crippen MR) is 86.7 cm³/mol. The largest absolute Gasteiger partial charge is 0.491 e. The van der Waals surface area contributed by atoms with E-state index in [1.165, 1.54) is 6.26 Å². The maximum atomic E-state index is 11.9. The van der Waals surface area contributed by atoms with Gasteiger partial charge in [0.1, 0.15) is 5.75 Å². The summed E-state index contributed by atoms with van der Waals surface area (Å²) in [5, 5.41) is 3.09. The third-order valence-electron chi connectivity index (χ3n) is 3.80. The maximum absolute atomic E-state index is 11.9. The van der Waals surface area contributed by atoms with Gasteiger partial charge in [-0.25, -0.2) is 8.42 Å². The zero-order valence-electron chi connectivity index (χ0n) is 13.0. The molecular formula is C16H25NO3S. The number of benzene rings is 1. The Balaban J connectivity index is 2.12. The standard InChI is InChI=1S/C16H25NO3S/c1-12(2)11-20-15-9-5-4-7-13(15)17-14-8-6-10-16(14)21(3,18)19/h4-5,7,9,12,14,16-17H,6,8,10-11H2,1-3H3. The first-order valence-electron chi connectivity index (χ1n) is 7.55. The van der Waals surface area contributed by atoms with Crippen LogP contribution in [0.2, 0.25) is 0 Å². The highest BCUT2D eigenvalue weighted by molar-refractivity contribution is 7.91. The van der Waals surface area contributed by atoms with Crippen molar-refractivity contribution in [3.8, 4) is 5.75 Å². The summed E-state index contributed by atoms with van der Waals surface area (Å²) >= 11 is 0. The normalized spacial score (nSPS) is 22.5. The summed E-state index contributed by atoms with van der Waals surface area (Å²) in [4.78, 5) is 0. The molecule has 21 heavy (non-hydrogen) atoms. The van der Waals surface area contributed by atoms with Gasteiger partial charge >= 0.3 is 0 Å². The molecule has 0 aromatic heterocycles. The van der Waals surface area contributed by atoms with Gasteiger partial charge in [0.2, 0.25) is 0 Å². The summed E-state index contributed by atoms with van der Waals surface area (Å²) in [6.45, 7) is 4.86. The first-order valence-corrected chi connectivity index (χ1v) is 9.50. The Morgan fingerprint density at radius 1 is 1.29 bits per heavy atom. The van der Waals surface area contributed by atoms with E-state index in [2.05, 4.69) is 19.2 Å². The zero-order valence-corrected chi connectivity index (χ0v) is 13.8. The molecule has 5 heteroatoms. The smallest absolute Gasteiger partial charge is 0.152 e. The number of nitrogens with one attached hydrogen (secondary N) is 1. The summed E-state index contributed by atoms with van der Waals surface area (Å²) in [5.74, 6) is 1.25. The molecule has 0 bridgehead atoms. The van der Waals surface area contributed by atoms with Crippen molar-refractivity contribution in [1.29, 1.82) is 0 Å².